The zero-order valence-corrected chi connectivity index (χ0v) is 13.8. The number of hydrogen-bond acceptors (Lipinski definition) is 5. The maximum absolute atomic E-state index is 5.23. The lowest BCUT2D eigenvalue weighted by Crippen LogP contribution is -2.20. The Bertz CT molecular complexity index is 615. The van der Waals surface area contributed by atoms with Gasteiger partial charge in [-0.3, -0.25) is 0 Å². The molecule has 0 atom stereocenters. The summed E-state index contributed by atoms with van der Waals surface area (Å²) in [4.78, 5) is 11.2. The SMILES string of the molecule is CCCCN(C)c1cc(C)nc(Nc2cccc(OC)c2)n1. The average molecular weight is 300 g/mol. The summed E-state index contributed by atoms with van der Waals surface area (Å²) in [7, 11) is 3.72. The monoisotopic (exact) mass is 300 g/mol. The number of anilines is 3. The third-order valence-electron chi connectivity index (χ3n) is 3.40. The van der Waals surface area contributed by atoms with Gasteiger partial charge < -0.3 is 15.0 Å². The molecule has 1 N–H and O–H groups in total. The van der Waals surface area contributed by atoms with E-state index in [4.69, 9.17) is 4.74 Å². The third-order valence-corrected chi connectivity index (χ3v) is 3.40. The lowest BCUT2D eigenvalue weighted by molar-refractivity contribution is 0.415. The highest BCUT2D eigenvalue weighted by Crippen LogP contribution is 2.21. The van der Waals surface area contributed by atoms with Crippen molar-refractivity contribution >= 4 is 17.5 Å². The fourth-order valence-corrected chi connectivity index (χ4v) is 2.14. The Labute approximate surface area is 132 Å². The molecule has 0 fully saturated rings. The van der Waals surface area contributed by atoms with E-state index in [2.05, 4.69) is 34.2 Å². The molecule has 2 aromatic rings. The summed E-state index contributed by atoms with van der Waals surface area (Å²) in [5.74, 6) is 2.34. The number of methoxy groups -OCH3 is 1. The number of nitrogens with one attached hydrogen (secondary N) is 1. The van der Waals surface area contributed by atoms with E-state index < -0.39 is 0 Å². The normalized spacial score (nSPS) is 10.4. The first kappa shape index (κ1) is 16.1. The van der Waals surface area contributed by atoms with E-state index in [1.54, 1.807) is 7.11 Å². The van der Waals surface area contributed by atoms with Crippen LogP contribution in [-0.4, -0.2) is 30.7 Å². The molecule has 5 nitrogen and oxygen atoms in total. The summed E-state index contributed by atoms with van der Waals surface area (Å²) in [6.45, 7) is 5.16. The minimum absolute atomic E-state index is 0.603. The highest BCUT2D eigenvalue weighted by Gasteiger charge is 2.07. The highest BCUT2D eigenvalue weighted by atomic mass is 16.5. The molecule has 1 heterocycles. The number of nitrogens with zero attached hydrogens (tertiary/aromatic N) is 3. The number of aryl methyl sites for hydroxylation is 1. The van der Waals surface area contributed by atoms with Crippen LogP contribution in [0.2, 0.25) is 0 Å². The van der Waals surface area contributed by atoms with Crippen molar-refractivity contribution in [2.45, 2.75) is 26.7 Å². The van der Waals surface area contributed by atoms with Gasteiger partial charge in [-0.15, -0.1) is 0 Å². The third kappa shape index (κ3) is 4.35. The van der Waals surface area contributed by atoms with Crippen LogP contribution in [0.4, 0.5) is 17.5 Å². The van der Waals surface area contributed by atoms with Gasteiger partial charge in [0.25, 0.3) is 0 Å². The first-order valence-electron chi connectivity index (χ1n) is 7.60. The van der Waals surface area contributed by atoms with Gasteiger partial charge in [-0.1, -0.05) is 19.4 Å². The molecule has 5 heteroatoms. The molecular weight excluding hydrogens is 276 g/mol. The number of ether oxygens (including phenoxy) is 1. The Morgan fingerprint density at radius 2 is 2.05 bits per heavy atom. The predicted octanol–water partition coefficient (Wildman–Crippen LogP) is 3.77. The van der Waals surface area contributed by atoms with Crippen molar-refractivity contribution in [2.24, 2.45) is 0 Å². The van der Waals surface area contributed by atoms with E-state index in [0.717, 1.165) is 35.9 Å². The Morgan fingerprint density at radius 1 is 1.23 bits per heavy atom. The van der Waals surface area contributed by atoms with Crippen molar-refractivity contribution in [1.82, 2.24) is 9.97 Å². The van der Waals surface area contributed by atoms with Gasteiger partial charge in [-0.25, -0.2) is 4.98 Å². The second-order valence-corrected chi connectivity index (χ2v) is 5.32. The van der Waals surface area contributed by atoms with Crippen LogP contribution in [0.3, 0.4) is 0 Å². The summed E-state index contributed by atoms with van der Waals surface area (Å²) >= 11 is 0. The van der Waals surface area contributed by atoms with Gasteiger partial charge in [-0.2, -0.15) is 4.98 Å². The van der Waals surface area contributed by atoms with Gasteiger partial charge in [0.05, 0.1) is 7.11 Å². The van der Waals surface area contributed by atoms with Gasteiger partial charge in [-0.05, 0) is 25.5 Å². The fourth-order valence-electron chi connectivity index (χ4n) is 2.14. The largest absolute Gasteiger partial charge is 0.497 e. The van der Waals surface area contributed by atoms with E-state index in [-0.39, 0.29) is 0 Å². The summed E-state index contributed by atoms with van der Waals surface area (Å²) < 4.78 is 5.23. The Morgan fingerprint density at radius 3 is 2.77 bits per heavy atom. The van der Waals surface area contributed by atoms with Crippen molar-refractivity contribution in [3.8, 4) is 5.75 Å². The van der Waals surface area contributed by atoms with Crippen LogP contribution in [0.25, 0.3) is 0 Å². The molecule has 1 aromatic carbocycles. The molecule has 0 unspecified atom stereocenters. The molecule has 0 amide bonds. The molecular formula is C17H24N4O. The summed E-state index contributed by atoms with van der Waals surface area (Å²) in [5, 5.41) is 3.24. The Hall–Kier alpha value is -2.30. The van der Waals surface area contributed by atoms with Crippen molar-refractivity contribution in [1.29, 1.82) is 0 Å². The zero-order valence-electron chi connectivity index (χ0n) is 13.8. The molecule has 2 rings (SSSR count). The molecule has 0 aliphatic carbocycles. The first-order chi connectivity index (χ1) is 10.6. The van der Waals surface area contributed by atoms with Gasteiger partial charge in [0, 0.05) is 37.1 Å². The van der Waals surface area contributed by atoms with E-state index in [9.17, 15) is 0 Å². The van der Waals surface area contributed by atoms with Gasteiger partial charge >= 0.3 is 0 Å². The van der Waals surface area contributed by atoms with Crippen molar-refractivity contribution < 1.29 is 4.74 Å². The Balaban J connectivity index is 2.18. The molecule has 0 saturated carbocycles. The van der Waals surface area contributed by atoms with E-state index in [0.29, 0.717) is 5.95 Å². The smallest absolute Gasteiger partial charge is 0.229 e. The second-order valence-electron chi connectivity index (χ2n) is 5.32. The highest BCUT2D eigenvalue weighted by molar-refractivity contribution is 5.57. The molecule has 0 bridgehead atoms. The van der Waals surface area contributed by atoms with Crippen LogP contribution in [0.1, 0.15) is 25.5 Å². The van der Waals surface area contributed by atoms with Crippen LogP contribution in [0.15, 0.2) is 30.3 Å². The van der Waals surface area contributed by atoms with Crippen molar-refractivity contribution in [2.75, 3.05) is 30.9 Å². The van der Waals surface area contributed by atoms with E-state index >= 15 is 0 Å². The van der Waals surface area contributed by atoms with E-state index in [1.807, 2.05) is 37.3 Å². The Kier molecular flexibility index (Phi) is 5.58. The van der Waals surface area contributed by atoms with Crippen LogP contribution >= 0.6 is 0 Å². The molecule has 22 heavy (non-hydrogen) atoms. The van der Waals surface area contributed by atoms with Crippen LogP contribution in [0, 0.1) is 6.92 Å². The van der Waals surface area contributed by atoms with Gasteiger partial charge in [0.15, 0.2) is 0 Å². The molecule has 118 valence electrons. The number of rotatable bonds is 7. The molecule has 0 aliphatic rings. The number of benzene rings is 1. The van der Waals surface area contributed by atoms with E-state index in [1.165, 1.54) is 6.42 Å². The molecule has 0 spiro atoms. The lowest BCUT2D eigenvalue weighted by Gasteiger charge is -2.19. The lowest BCUT2D eigenvalue weighted by atomic mass is 10.3. The minimum atomic E-state index is 0.603. The second kappa shape index (κ2) is 7.64. The fraction of sp³-hybridized carbons (Fsp3) is 0.412. The summed E-state index contributed by atoms with van der Waals surface area (Å²) in [6, 6.07) is 9.74. The summed E-state index contributed by atoms with van der Waals surface area (Å²) in [5.41, 5.74) is 1.85. The van der Waals surface area contributed by atoms with Crippen molar-refractivity contribution in [3.63, 3.8) is 0 Å². The quantitative estimate of drug-likeness (QED) is 0.843. The zero-order chi connectivity index (χ0) is 15.9. The van der Waals surface area contributed by atoms with Gasteiger partial charge in [0.2, 0.25) is 5.95 Å². The molecule has 0 aliphatic heterocycles. The molecule has 0 radical (unpaired) electrons. The standard InChI is InChI=1S/C17H24N4O/c1-5-6-10-21(3)16-11-13(2)18-17(20-16)19-14-8-7-9-15(12-14)22-4/h7-9,11-12H,5-6,10H2,1-4H3,(H,18,19,20). The van der Waals surface area contributed by atoms with Crippen LogP contribution in [-0.2, 0) is 0 Å². The number of hydrogen-bond donors (Lipinski definition) is 1. The van der Waals surface area contributed by atoms with Gasteiger partial charge in [0.1, 0.15) is 11.6 Å². The number of aromatic nitrogens is 2. The van der Waals surface area contributed by atoms with Crippen LogP contribution in [0.5, 0.6) is 5.75 Å². The maximum atomic E-state index is 5.23. The molecule has 1 aromatic heterocycles. The minimum Gasteiger partial charge on any atom is -0.497 e. The maximum Gasteiger partial charge on any atom is 0.229 e. The average Bonchev–Trinajstić information content (AvgIpc) is 2.52. The summed E-state index contributed by atoms with van der Waals surface area (Å²) in [6.07, 6.45) is 2.32. The molecule has 0 saturated heterocycles. The number of unbranched alkanes of at least 4 members (excludes halogenated alkanes) is 1. The predicted molar refractivity (Wildman–Crippen MR) is 91.2 cm³/mol. The topological polar surface area (TPSA) is 50.3 Å². The van der Waals surface area contributed by atoms with Crippen LogP contribution < -0.4 is 15.0 Å². The first-order valence-corrected chi connectivity index (χ1v) is 7.60. The van der Waals surface area contributed by atoms with Crippen molar-refractivity contribution in [3.05, 3.63) is 36.0 Å².